The quantitative estimate of drug-likeness (QED) is 0.795. The number of hydrogen-bond donors (Lipinski definition) is 2. The smallest absolute Gasteiger partial charge is 0.225 e. The van der Waals surface area contributed by atoms with Crippen LogP contribution in [0.2, 0.25) is 0 Å². The monoisotopic (exact) mass is 240 g/mol. The van der Waals surface area contributed by atoms with E-state index in [9.17, 15) is 4.79 Å². The van der Waals surface area contributed by atoms with Crippen LogP contribution < -0.4 is 10.6 Å². The van der Waals surface area contributed by atoms with Gasteiger partial charge in [0.25, 0.3) is 0 Å². The highest BCUT2D eigenvalue weighted by atomic mass is 16.2. The van der Waals surface area contributed by atoms with Crippen molar-refractivity contribution in [2.24, 2.45) is 11.3 Å². The van der Waals surface area contributed by atoms with E-state index < -0.39 is 0 Å². The molecule has 1 heterocycles. The highest BCUT2D eigenvalue weighted by Gasteiger charge is 2.33. The van der Waals surface area contributed by atoms with Gasteiger partial charge in [-0.1, -0.05) is 20.8 Å². The van der Waals surface area contributed by atoms with Gasteiger partial charge >= 0.3 is 0 Å². The lowest BCUT2D eigenvalue weighted by Gasteiger charge is -2.34. The lowest BCUT2D eigenvalue weighted by atomic mass is 9.81. The van der Waals surface area contributed by atoms with Crippen LogP contribution in [0, 0.1) is 11.3 Å². The highest BCUT2D eigenvalue weighted by Crippen LogP contribution is 2.27. The molecule has 100 valence electrons. The van der Waals surface area contributed by atoms with Gasteiger partial charge in [-0.3, -0.25) is 4.79 Å². The van der Waals surface area contributed by atoms with Gasteiger partial charge in [-0.25, -0.2) is 0 Å². The summed E-state index contributed by atoms with van der Waals surface area (Å²) in [6, 6.07) is 0.306. The summed E-state index contributed by atoms with van der Waals surface area (Å²) in [5, 5.41) is 6.53. The minimum Gasteiger partial charge on any atom is -0.351 e. The molecular weight excluding hydrogens is 212 g/mol. The first-order chi connectivity index (χ1) is 7.61. The topological polar surface area (TPSA) is 41.1 Å². The van der Waals surface area contributed by atoms with Crippen molar-refractivity contribution in [2.75, 3.05) is 6.54 Å². The molecule has 0 aromatic rings. The van der Waals surface area contributed by atoms with Crippen molar-refractivity contribution < 1.29 is 4.79 Å². The zero-order chi connectivity index (χ0) is 13.3. The summed E-state index contributed by atoms with van der Waals surface area (Å²) in [6.07, 6.45) is 1.94. The zero-order valence-corrected chi connectivity index (χ0v) is 12.2. The van der Waals surface area contributed by atoms with Crippen molar-refractivity contribution >= 4 is 5.91 Å². The number of nitrogens with one attached hydrogen (secondary N) is 2. The molecule has 17 heavy (non-hydrogen) atoms. The fourth-order valence-electron chi connectivity index (χ4n) is 3.01. The predicted molar refractivity (Wildman–Crippen MR) is 71.9 cm³/mol. The Morgan fingerprint density at radius 3 is 2.29 bits per heavy atom. The van der Waals surface area contributed by atoms with Crippen molar-refractivity contribution in [3.05, 3.63) is 0 Å². The van der Waals surface area contributed by atoms with Gasteiger partial charge < -0.3 is 10.6 Å². The fourth-order valence-corrected chi connectivity index (χ4v) is 3.01. The summed E-state index contributed by atoms with van der Waals surface area (Å²) in [5.74, 6) is 0.339. The maximum absolute atomic E-state index is 12.2. The van der Waals surface area contributed by atoms with Crippen LogP contribution in [0.1, 0.15) is 54.4 Å². The second-order valence-electron chi connectivity index (χ2n) is 7.25. The maximum atomic E-state index is 12.2. The van der Waals surface area contributed by atoms with E-state index in [1.807, 2.05) is 0 Å². The highest BCUT2D eigenvalue weighted by molar-refractivity contribution is 5.80. The van der Waals surface area contributed by atoms with E-state index in [0.717, 1.165) is 19.4 Å². The Hall–Kier alpha value is -0.570. The Bertz CT molecular complexity index is 278. The average molecular weight is 240 g/mol. The van der Waals surface area contributed by atoms with Gasteiger partial charge in [0.2, 0.25) is 5.91 Å². The number of carbonyl (C=O) groups excluding carboxylic acids is 1. The Morgan fingerprint density at radius 1 is 1.29 bits per heavy atom. The minimum atomic E-state index is -0.127. The molecule has 2 atom stereocenters. The van der Waals surface area contributed by atoms with Crippen LogP contribution in [0.3, 0.4) is 0 Å². The van der Waals surface area contributed by atoms with Crippen LogP contribution in [0.25, 0.3) is 0 Å². The summed E-state index contributed by atoms with van der Waals surface area (Å²) >= 11 is 0. The largest absolute Gasteiger partial charge is 0.351 e. The molecule has 0 spiro atoms. The Kier molecular flexibility index (Phi) is 4.23. The summed E-state index contributed by atoms with van der Waals surface area (Å²) in [5.41, 5.74) is 0.105. The van der Waals surface area contributed by atoms with Gasteiger partial charge in [0.15, 0.2) is 0 Å². The SMILES string of the molecule is CC1NCCC1C(=O)NC(C)(C)CC(C)(C)C. The normalized spacial score (nSPS) is 26.0. The summed E-state index contributed by atoms with van der Waals surface area (Å²) in [6.45, 7) is 13.9. The minimum absolute atomic E-state index is 0.127. The van der Waals surface area contributed by atoms with Gasteiger partial charge in [0, 0.05) is 11.6 Å². The maximum Gasteiger partial charge on any atom is 0.225 e. The van der Waals surface area contributed by atoms with E-state index in [4.69, 9.17) is 0 Å². The van der Waals surface area contributed by atoms with E-state index in [1.54, 1.807) is 0 Å². The van der Waals surface area contributed by atoms with Crippen LogP contribution in [-0.4, -0.2) is 24.0 Å². The lowest BCUT2D eigenvalue weighted by molar-refractivity contribution is -0.127. The molecule has 2 unspecified atom stereocenters. The average Bonchev–Trinajstić information content (AvgIpc) is 2.44. The second kappa shape index (κ2) is 4.97. The van der Waals surface area contributed by atoms with Gasteiger partial charge in [-0.05, 0) is 45.6 Å². The van der Waals surface area contributed by atoms with E-state index in [2.05, 4.69) is 52.2 Å². The predicted octanol–water partition coefficient (Wildman–Crippen LogP) is 2.32. The molecule has 0 radical (unpaired) electrons. The van der Waals surface area contributed by atoms with Crippen molar-refractivity contribution in [1.29, 1.82) is 0 Å². The Morgan fingerprint density at radius 2 is 1.88 bits per heavy atom. The molecule has 1 fully saturated rings. The zero-order valence-electron chi connectivity index (χ0n) is 12.2. The molecule has 0 aromatic carbocycles. The van der Waals surface area contributed by atoms with E-state index in [0.29, 0.717) is 6.04 Å². The molecule has 0 saturated carbocycles. The van der Waals surface area contributed by atoms with E-state index in [-0.39, 0.29) is 22.8 Å². The van der Waals surface area contributed by atoms with Crippen LogP contribution in [0.5, 0.6) is 0 Å². The van der Waals surface area contributed by atoms with Crippen molar-refractivity contribution in [1.82, 2.24) is 10.6 Å². The molecule has 1 rings (SSSR count). The third-order valence-electron chi connectivity index (χ3n) is 3.30. The molecule has 0 aliphatic carbocycles. The van der Waals surface area contributed by atoms with Crippen molar-refractivity contribution in [2.45, 2.75) is 66.0 Å². The molecule has 0 bridgehead atoms. The van der Waals surface area contributed by atoms with E-state index >= 15 is 0 Å². The van der Waals surface area contributed by atoms with Crippen LogP contribution >= 0.6 is 0 Å². The molecule has 1 aliphatic heterocycles. The van der Waals surface area contributed by atoms with Gasteiger partial charge in [0.1, 0.15) is 0 Å². The lowest BCUT2D eigenvalue weighted by Crippen LogP contribution is -2.49. The standard InChI is InChI=1S/C14H28N2O/c1-10-11(7-8-15-10)12(17)16-14(5,6)9-13(2,3)4/h10-11,15H,7-9H2,1-6H3,(H,16,17). The van der Waals surface area contributed by atoms with Crippen LogP contribution in [0.4, 0.5) is 0 Å². The summed E-state index contributed by atoms with van der Waals surface area (Å²) < 4.78 is 0. The molecule has 1 saturated heterocycles. The third kappa shape index (κ3) is 4.66. The van der Waals surface area contributed by atoms with Gasteiger partial charge in [-0.2, -0.15) is 0 Å². The molecule has 2 N–H and O–H groups in total. The molecule has 3 nitrogen and oxygen atoms in total. The summed E-state index contributed by atoms with van der Waals surface area (Å²) in [4.78, 5) is 12.2. The van der Waals surface area contributed by atoms with Crippen LogP contribution in [0.15, 0.2) is 0 Å². The van der Waals surface area contributed by atoms with Crippen molar-refractivity contribution in [3.8, 4) is 0 Å². The molecule has 1 amide bonds. The van der Waals surface area contributed by atoms with E-state index in [1.165, 1.54) is 0 Å². The Balaban J connectivity index is 2.55. The molecule has 1 aliphatic rings. The Labute approximate surface area is 106 Å². The molecular formula is C14H28N2O. The number of hydrogen-bond acceptors (Lipinski definition) is 2. The van der Waals surface area contributed by atoms with Gasteiger partial charge in [-0.15, -0.1) is 0 Å². The van der Waals surface area contributed by atoms with Crippen LogP contribution in [-0.2, 0) is 4.79 Å². The van der Waals surface area contributed by atoms with Crippen molar-refractivity contribution in [3.63, 3.8) is 0 Å². The fraction of sp³-hybridized carbons (Fsp3) is 0.929. The molecule has 3 heteroatoms. The second-order valence-corrected chi connectivity index (χ2v) is 7.25. The first-order valence-electron chi connectivity index (χ1n) is 6.66. The first kappa shape index (κ1) is 14.5. The van der Waals surface area contributed by atoms with Gasteiger partial charge in [0.05, 0.1) is 5.92 Å². The number of carbonyl (C=O) groups is 1. The first-order valence-corrected chi connectivity index (χ1v) is 6.66. The molecule has 0 aromatic heterocycles. The third-order valence-corrected chi connectivity index (χ3v) is 3.30. The number of rotatable bonds is 3. The number of amides is 1. The summed E-state index contributed by atoms with van der Waals surface area (Å²) in [7, 11) is 0.